The SMILES string of the molecule is CC1(C)c2ccccc2-c2ccc(N(c3ccc(-c4ccc(-n5c6ccccc6c6ccccc65)cc4)cc3)c3ccc(-n4c5ccccc5c5ccccc54)cc3)cc21. The van der Waals surface area contributed by atoms with Crippen LogP contribution in [-0.4, -0.2) is 9.13 Å². The molecule has 0 fully saturated rings. The maximum atomic E-state index is 2.41. The summed E-state index contributed by atoms with van der Waals surface area (Å²) in [6.45, 7) is 4.71. The van der Waals surface area contributed by atoms with Gasteiger partial charge in [0.25, 0.3) is 0 Å². The molecule has 12 rings (SSSR count). The molecule has 1 aliphatic carbocycles. The predicted octanol–water partition coefficient (Wildman–Crippen LogP) is 15.3. The number of fused-ring (bicyclic) bond motifs is 9. The van der Waals surface area contributed by atoms with Crippen LogP contribution in [0.5, 0.6) is 0 Å². The zero-order valence-corrected chi connectivity index (χ0v) is 33.5. The molecule has 0 saturated carbocycles. The van der Waals surface area contributed by atoms with Crippen LogP contribution in [0.25, 0.3) is 77.2 Å². The second kappa shape index (κ2) is 13.2. The van der Waals surface area contributed by atoms with E-state index in [4.69, 9.17) is 0 Å². The van der Waals surface area contributed by atoms with Crippen LogP contribution in [0.1, 0.15) is 25.0 Å². The standard InChI is InChI=1S/C57H41N3/c1-57(2)51-18-8-3-13-45(51)46-36-35-44(37-52(46)57)58(41-31-33-43(34-32-41)60-55-21-11-6-16-49(55)50-17-7-12-22-56(50)60)40-27-23-38(24-28-40)39-25-29-42(30-26-39)59-53-19-9-4-14-47(53)48-15-5-10-20-54(48)59/h3-37H,1-2H3. The Kier molecular flexibility index (Phi) is 7.58. The number of anilines is 3. The van der Waals surface area contributed by atoms with E-state index in [1.807, 2.05) is 0 Å². The van der Waals surface area contributed by atoms with Crippen molar-refractivity contribution in [3.8, 4) is 33.6 Å². The van der Waals surface area contributed by atoms with Crippen molar-refractivity contribution < 1.29 is 0 Å². The highest BCUT2D eigenvalue weighted by atomic mass is 15.1. The lowest BCUT2D eigenvalue weighted by atomic mass is 9.82. The highest BCUT2D eigenvalue weighted by Crippen LogP contribution is 2.51. The van der Waals surface area contributed by atoms with Crippen LogP contribution in [0, 0.1) is 0 Å². The van der Waals surface area contributed by atoms with Crippen molar-refractivity contribution in [2.24, 2.45) is 0 Å². The number of hydrogen-bond acceptors (Lipinski definition) is 1. The van der Waals surface area contributed by atoms with Crippen molar-refractivity contribution in [3.05, 3.63) is 223 Å². The first kappa shape index (κ1) is 34.4. The van der Waals surface area contributed by atoms with E-state index in [1.54, 1.807) is 0 Å². The molecule has 2 aromatic heterocycles. The summed E-state index contributed by atoms with van der Waals surface area (Å²) in [4.78, 5) is 2.41. The van der Waals surface area contributed by atoms with Crippen LogP contribution in [-0.2, 0) is 5.41 Å². The van der Waals surface area contributed by atoms with Crippen molar-refractivity contribution >= 4 is 60.7 Å². The number of nitrogens with zero attached hydrogens (tertiary/aromatic N) is 3. The maximum Gasteiger partial charge on any atom is 0.0541 e. The topological polar surface area (TPSA) is 13.1 Å². The zero-order valence-electron chi connectivity index (χ0n) is 33.5. The van der Waals surface area contributed by atoms with E-state index in [0.29, 0.717) is 0 Å². The summed E-state index contributed by atoms with van der Waals surface area (Å²) in [6, 6.07) is 77.8. The van der Waals surface area contributed by atoms with Crippen molar-refractivity contribution in [1.29, 1.82) is 0 Å². The first-order valence-corrected chi connectivity index (χ1v) is 20.9. The van der Waals surface area contributed by atoms with Gasteiger partial charge in [-0.25, -0.2) is 0 Å². The predicted molar refractivity (Wildman–Crippen MR) is 253 cm³/mol. The normalized spacial score (nSPS) is 13.0. The summed E-state index contributed by atoms with van der Waals surface area (Å²) in [5.41, 5.74) is 18.2. The molecular formula is C57H41N3. The summed E-state index contributed by atoms with van der Waals surface area (Å²) >= 11 is 0. The van der Waals surface area contributed by atoms with Crippen LogP contribution < -0.4 is 4.90 Å². The Morgan fingerprint density at radius 2 is 0.700 bits per heavy atom. The average Bonchev–Trinajstić information content (AvgIpc) is 3.90. The first-order chi connectivity index (χ1) is 29.5. The van der Waals surface area contributed by atoms with Gasteiger partial charge in [0.15, 0.2) is 0 Å². The van der Waals surface area contributed by atoms with Gasteiger partial charge in [-0.05, 0) is 118 Å². The number of aromatic nitrogens is 2. The average molecular weight is 768 g/mol. The minimum atomic E-state index is -0.108. The smallest absolute Gasteiger partial charge is 0.0541 e. The highest BCUT2D eigenvalue weighted by Gasteiger charge is 2.35. The summed E-state index contributed by atoms with van der Waals surface area (Å²) in [5, 5.41) is 5.08. The summed E-state index contributed by atoms with van der Waals surface area (Å²) < 4.78 is 4.76. The Bertz CT molecular complexity index is 3330. The molecule has 11 aromatic rings. The van der Waals surface area contributed by atoms with Gasteiger partial charge in [0.2, 0.25) is 0 Å². The Labute approximate surface area is 349 Å². The Morgan fingerprint density at radius 1 is 0.333 bits per heavy atom. The number of para-hydroxylation sites is 4. The third-order valence-corrected chi connectivity index (χ3v) is 12.9. The molecule has 3 heteroatoms. The molecule has 0 bridgehead atoms. The molecule has 0 radical (unpaired) electrons. The van der Waals surface area contributed by atoms with E-state index < -0.39 is 0 Å². The van der Waals surface area contributed by atoms with E-state index in [9.17, 15) is 0 Å². The molecule has 2 heterocycles. The minimum Gasteiger partial charge on any atom is -0.310 e. The molecule has 284 valence electrons. The third-order valence-electron chi connectivity index (χ3n) is 12.9. The number of hydrogen-bond donors (Lipinski definition) is 0. The molecule has 0 amide bonds. The maximum absolute atomic E-state index is 2.41. The fraction of sp³-hybridized carbons (Fsp3) is 0.0526. The molecule has 9 aromatic carbocycles. The quantitative estimate of drug-likeness (QED) is 0.164. The largest absolute Gasteiger partial charge is 0.310 e. The van der Waals surface area contributed by atoms with Crippen LogP contribution in [0.3, 0.4) is 0 Å². The van der Waals surface area contributed by atoms with Gasteiger partial charge in [-0.15, -0.1) is 0 Å². The molecule has 1 aliphatic rings. The van der Waals surface area contributed by atoms with Crippen LogP contribution in [0.2, 0.25) is 0 Å². The van der Waals surface area contributed by atoms with Crippen molar-refractivity contribution in [2.75, 3.05) is 4.90 Å². The Morgan fingerprint density at radius 3 is 1.20 bits per heavy atom. The van der Waals surface area contributed by atoms with Crippen molar-refractivity contribution in [2.45, 2.75) is 19.3 Å². The molecule has 3 nitrogen and oxygen atoms in total. The van der Waals surface area contributed by atoms with Gasteiger partial charge in [-0.3, -0.25) is 0 Å². The van der Waals surface area contributed by atoms with E-state index in [1.165, 1.54) is 77.0 Å². The minimum absolute atomic E-state index is 0.108. The molecule has 0 N–H and O–H groups in total. The van der Waals surface area contributed by atoms with Gasteiger partial charge >= 0.3 is 0 Å². The van der Waals surface area contributed by atoms with Crippen LogP contribution in [0.4, 0.5) is 17.1 Å². The van der Waals surface area contributed by atoms with Crippen LogP contribution >= 0.6 is 0 Å². The second-order valence-corrected chi connectivity index (χ2v) is 16.6. The molecule has 60 heavy (non-hydrogen) atoms. The van der Waals surface area contributed by atoms with E-state index in [0.717, 1.165) is 28.4 Å². The monoisotopic (exact) mass is 767 g/mol. The highest BCUT2D eigenvalue weighted by molar-refractivity contribution is 6.10. The molecule has 0 spiro atoms. The van der Waals surface area contributed by atoms with Crippen LogP contribution in [0.15, 0.2) is 212 Å². The van der Waals surface area contributed by atoms with Gasteiger partial charge in [0.05, 0.1) is 22.1 Å². The van der Waals surface area contributed by atoms with Gasteiger partial charge in [0, 0.05) is 55.4 Å². The molecule has 0 aliphatic heterocycles. The molecule has 0 atom stereocenters. The van der Waals surface area contributed by atoms with Gasteiger partial charge in [0.1, 0.15) is 0 Å². The Balaban J connectivity index is 0.942. The van der Waals surface area contributed by atoms with E-state index >= 15 is 0 Å². The molecular weight excluding hydrogens is 727 g/mol. The lowest BCUT2D eigenvalue weighted by Crippen LogP contribution is -2.16. The van der Waals surface area contributed by atoms with E-state index in [-0.39, 0.29) is 5.41 Å². The third kappa shape index (κ3) is 5.15. The Hall–Kier alpha value is -7.62. The fourth-order valence-corrected chi connectivity index (χ4v) is 10.0. The fourth-order valence-electron chi connectivity index (χ4n) is 10.0. The summed E-state index contributed by atoms with van der Waals surface area (Å²) in [6.07, 6.45) is 0. The molecule has 0 saturated heterocycles. The summed E-state index contributed by atoms with van der Waals surface area (Å²) in [5.74, 6) is 0. The first-order valence-electron chi connectivity index (χ1n) is 20.9. The number of benzene rings is 9. The van der Waals surface area contributed by atoms with Gasteiger partial charge < -0.3 is 14.0 Å². The van der Waals surface area contributed by atoms with Crippen molar-refractivity contribution in [1.82, 2.24) is 9.13 Å². The second-order valence-electron chi connectivity index (χ2n) is 16.6. The lowest BCUT2D eigenvalue weighted by Gasteiger charge is -2.28. The lowest BCUT2D eigenvalue weighted by molar-refractivity contribution is 0.660. The molecule has 0 unspecified atom stereocenters. The zero-order chi connectivity index (χ0) is 40.0. The summed E-state index contributed by atoms with van der Waals surface area (Å²) in [7, 11) is 0. The number of rotatable bonds is 6. The van der Waals surface area contributed by atoms with Gasteiger partial charge in [-0.1, -0.05) is 141 Å². The van der Waals surface area contributed by atoms with Gasteiger partial charge in [-0.2, -0.15) is 0 Å². The van der Waals surface area contributed by atoms with Crippen molar-refractivity contribution in [3.63, 3.8) is 0 Å². The van der Waals surface area contributed by atoms with E-state index in [2.05, 4.69) is 240 Å².